The Balaban J connectivity index is 2.53. The monoisotopic (exact) mass is 268 g/mol. The minimum atomic E-state index is 0.0972. The number of hydrogen-bond acceptors (Lipinski definition) is 2. The molecule has 0 bridgehead atoms. The van der Waals surface area contributed by atoms with Gasteiger partial charge in [-0.15, -0.1) is 0 Å². The predicted octanol–water partition coefficient (Wildman–Crippen LogP) is 3.32. The van der Waals surface area contributed by atoms with Crippen molar-refractivity contribution in [2.45, 2.75) is 84.2 Å². The number of unbranched alkanes of at least 4 members (excludes halogenated alkanes) is 1. The molecule has 3 nitrogen and oxygen atoms in total. The number of nitrogens with zero attached hydrogens (tertiary/aromatic N) is 1. The van der Waals surface area contributed by atoms with Crippen LogP contribution in [0, 0.1) is 5.92 Å². The molecule has 0 aliphatic carbocycles. The fourth-order valence-electron chi connectivity index (χ4n) is 3.12. The Kier molecular flexibility index (Phi) is 7.44. The molecule has 0 spiro atoms. The van der Waals surface area contributed by atoms with Crippen molar-refractivity contribution in [3.05, 3.63) is 0 Å². The van der Waals surface area contributed by atoms with Crippen LogP contribution in [0.5, 0.6) is 0 Å². The van der Waals surface area contributed by atoms with Gasteiger partial charge in [0, 0.05) is 25.0 Å². The van der Waals surface area contributed by atoms with E-state index in [1.165, 1.54) is 25.7 Å². The molecule has 1 aliphatic heterocycles. The predicted molar refractivity (Wildman–Crippen MR) is 80.9 cm³/mol. The second-order valence-corrected chi connectivity index (χ2v) is 6.13. The molecule has 1 fully saturated rings. The molecule has 1 heterocycles. The number of nitrogens with two attached hydrogens (primary N) is 1. The van der Waals surface area contributed by atoms with Crippen molar-refractivity contribution < 1.29 is 4.79 Å². The Morgan fingerprint density at radius 3 is 2.68 bits per heavy atom. The van der Waals surface area contributed by atoms with Crippen LogP contribution in [-0.4, -0.2) is 29.4 Å². The van der Waals surface area contributed by atoms with Crippen molar-refractivity contribution in [1.29, 1.82) is 0 Å². The van der Waals surface area contributed by atoms with E-state index in [0.717, 1.165) is 32.2 Å². The molecule has 1 rings (SSSR count). The summed E-state index contributed by atoms with van der Waals surface area (Å²) in [4.78, 5) is 14.6. The SMILES string of the molecule is CCCCC(CC)CC(=O)N1CCCCC1C(C)N. The topological polar surface area (TPSA) is 46.3 Å². The molecule has 1 saturated heterocycles. The molecule has 0 radical (unpaired) electrons. The summed E-state index contributed by atoms with van der Waals surface area (Å²) >= 11 is 0. The number of carbonyl (C=O) groups is 1. The van der Waals surface area contributed by atoms with Crippen molar-refractivity contribution >= 4 is 5.91 Å². The van der Waals surface area contributed by atoms with Crippen LogP contribution in [0.15, 0.2) is 0 Å². The zero-order valence-electron chi connectivity index (χ0n) is 13.0. The van der Waals surface area contributed by atoms with Gasteiger partial charge in [-0.05, 0) is 38.5 Å². The van der Waals surface area contributed by atoms with Gasteiger partial charge in [0.2, 0.25) is 5.91 Å². The Bertz CT molecular complexity index is 265. The average molecular weight is 268 g/mol. The van der Waals surface area contributed by atoms with Gasteiger partial charge >= 0.3 is 0 Å². The first-order valence-electron chi connectivity index (χ1n) is 8.15. The van der Waals surface area contributed by atoms with E-state index < -0.39 is 0 Å². The van der Waals surface area contributed by atoms with Gasteiger partial charge in [0.15, 0.2) is 0 Å². The first kappa shape index (κ1) is 16.5. The van der Waals surface area contributed by atoms with Gasteiger partial charge in [-0.2, -0.15) is 0 Å². The first-order valence-corrected chi connectivity index (χ1v) is 8.15. The summed E-state index contributed by atoms with van der Waals surface area (Å²) in [5.41, 5.74) is 6.04. The van der Waals surface area contributed by atoms with Crippen molar-refractivity contribution in [2.75, 3.05) is 6.54 Å². The van der Waals surface area contributed by atoms with E-state index >= 15 is 0 Å². The minimum Gasteiger partial charge on any atom is -0.338 e. The molecule has 2 N–H and O–H groups in total. The van der Waals surface area contributed by atoms with Gasteiger partial charge in [0.25, 0.3) is 0 Å². The third-order valence-electron chi connectivity index (χ3n) is 4.48. The molecule has 1 aliphatic rings. The normalized spacial score (nSPS) is 23.2. The Hall–Kier alpha value is -0.570. The lowest BCUT2D eigenvalue weighted by atomic mass is 9.92. The molecule has 0 aromatic carbocycles. The molecule has 19 heavy (non-hydrogen) atoms. The second-order valence-electron chi connectivity index (χ2n) is 6.13. The van der Waals surface area contributed by atoms with Crippen LogP contribution in [0.4, 0.5) is 0 Å². The smallest absolute Gasteiger partial charge is 0.223 e. The highest BCUT2D eigenvalue weighted by atomic mass is 16.2. The van der Waals surface area contributed by atoms with E-state index in [1.807, 2.05) is 6.92 Å². The molecule has 3 atom stereocenters. The summed E-state index contributed by atoms with van der Waals surface area (Å²) in [6, 6.07) is 0.366. The third-order valence-corrected chi connectivity index (χ3v) is 4.48. The molecule has 0 aromatic heterocycles. The van der Waals surface area contributed by atoms with E-state index in [0.29, 0.717) is 11.8 Å². The zero-order chi connectivity index (χ0) is 14.3. The van der Waals surface area contributed by atoms with E-state index in [-0.39, 0.29) is 12.1 Å². The summed E-state index contributed by atoms with van der Waals surface area (Å²) < 4.78 is 0. The lowest BCUT2D eigenvalue weighted by molar-refractivity contribution is -0.136. The lowest BCUT2D eigenvalue weighted by Crippen LogP contribution is -2.52. The Labute approximate surface area is 118 Å². The average Bonchev–Trinajstić information content (AvgIpc) is 2.43. The van der Waals surface area contributed by atoms with E-state index in [9.17, 15) is 4.79 Å². The highest BCUT2D eigenvalue weighted by Gasteiger charge is 2.29. The van der Waals surface area contributed by atoms with E-state index in [2.05, 4.69) is 18.7 Å². The van der Waals surface area contributed by atoms with Gasteiger partial charge in [-0.1, -0.05) is 33.1 Å². The molecule has 3 heteroatoms. The fraction of sp³-hybridized carbons (Fsp3) is 0.938. The molecule has 1 amide bonds. The van der Waals surface area contributed by atoms with Crippen LogP contribution in [0.1, 0.15) is 72.1 Å². The van der Waals surface area contributed by atoms with Gasteiger partial charge in [-0.3, -0.25) is 4.79 Å². The highest BCUT2D eigenvalue weighted by molar-refractivity contribution is 5.77. The Morgan fingerprint density at radius 1 is 1.37 bits per heavy atom. The molecule has 0 saturated carbocycles. The first-order chi connectivity index (χ1) is 9.10. The molecular weight excluding hydrogens is 236 g/mol. The van der Waals surface area contributed by atoms with Crippen LogP contribution in [0.3, 0.4) is 0 Å². The van der Waals surface area contributed by atoms with Gasteiger partial charge in [0.1, 0.15) is 0 Å². The number of carbonyl (C=O) groups excluding carboxylic acids is 1. The molecule has 0 aromatic rings. The van der Waals surface area contributed by atoms with Gasteiger partial charge in [-0.25, -0.2) is 0 Å². The van der Waals surface area contributed by atoms with Crippen molar-refractivity contribution in [3.63, 3.8) is 0 Å². The fourth-order valence-corrected chi connectivity index (χ4v) is 3.12. The lowest BCUT2D eigenvalue weighted by Gasteiger charge is -2.38. The van der Waals surface area contributed by atoms with Crippen LogP contribution in [-0.2, 0) is 4.79 Å². The maximum Gasteiger partial charge on any atom is 0.223 e. The van der Waals surface area contributed by atoms with Crippen molar-refractivity contribution in [1.82, 2.24) is 4.90 Å². The molecule has 112 valence electrons. The van der Waals surface area contributed by atoms with Crippen molar-refractivity contribution in [2.24, 2.45) is 11.7 Å². The summed E-state index contributed by atoms with van der Waals surface area (Å²) in [6.45, 7) is 7.36. The van der Waals surface area contributed by atoms with Crippen molar-refractivity contribution in [3.8, 4) is 0 Å². The number of amides is 1. The summed E-state index contributed by atoms with van der Waals surface area (Å²) in [6.07, 6.45) is 8.91. The second kappa shape index (κ2) is 8.57. The summed E-state index contributed by atoms with van der Waals surface area (Å²) in [5, 5.41) is 0. The van der Waals surface area contributed by atoms with Gasteiger partial charge in [0.05, 0.1) is 0 Å². The van der Waals surface area contributed by atoms with E-state index in [1.54, 1.807) is 0 Å². The van der Waals surface area contributed by atoms with E-state index in [4.69, 9.17) is 5.73 Å². The highest BCUT2D eigenvalue weighted by Crippen LogP contribution is 2.23. The molecule has 3 unspecified atom stereocenters. The third kappa shape index (κ3) is 5.13. The van der Waals surface area contributed by atoms with Gasteiger partial charge < -0.3 is 10.6 Å². The standard InChI is InChI=1S/C16H32N2O/c1-4-6-9-14(5-2)12-16(19)18-11-8-7-10-15(18)13(3)17/h13-15H,4-12,17H2,1-3H3. The molecular formula is C16H32N2O. The number of piperidine rings is 1. The van der Waals surface area contributed by atoms with Crippen LogP contribution < -0.4 is 5.73 Å². The maximum absolute atomic E-state index is 12.5. The largest absolute Gasteiger partial charge is 0.338 e. The minimum absolute atomic E-state index is 0.0972. The quantitative estimate of drug-likeness (QED) is 0.770. The van der Waals surface area contributed by atoms with Crippen LogP contribution in [0.25, 0.3) is 0 Å². The summed E-state index contributed by atoms with van der Waals surface area (Å²) in [7, 11) is 0. The maximum atomic E-state index is 12.5. The number of likely N-dealkylation sites (tertiary alicyclic amines) is 1. The van der Waals surface area contributed by atoms with Crippen LogP contribution in [0.2, 0.25) is 0 Å². The number of rotatable bonds is 7. The zero-order valence-corrected chi connectivity index (χ0v) is 13.0. The summed E-state index contributed by atoms with van der Waals surface area (Å²) in [5.74, 6) is 0.896. The van der Waals surface area contributed by atoms with Crippen LogP contribution >= 0.6 is 0 Å². The Morgan fingerprint density at radius 2 is 2.11 bits per heavy atom. The number of hydrogen-bond donors (Lipinski definition) is 1.